The van der Waals surface area contributed by atoms with Gasteiger partial charge in [-0.3, -0.25) is 19.2 Å². The van der Waals surface area contributed by atoms with Gasteiger partial charge in [-0.25, -0.2) is 0 Å². The number of amides is 2. The van der Waals surface area contributed by atoms with E-state index in [1.54, 1.807) is 0 Å². The molecule has 5 heterocycles. The molecule has 2 N–H and O–H groups in total. The second kappa shape index (κ2) is 6.00. The van der Waals surface area contributed by atoms with E-state index in [1.807, 2.05) is 0 Å². The van der Waals surface area contributed by atoms with Crippen LogP contribution in [0.25, 0.3) is 0 Å². The summed E-state index contributed by atoms with van der Waals surface area (Å²) in [6, 6.07) is -1.52. The quantitative estimate of drug-likeness (QED) is 0.495. The molecule has 0 aromatic carbocycles. The summed E-state index contributed by atoms with van der Waals surface area (Å²) in [5.74, 6) is -1.99. The molecule has 7 rings (SSSR count). The summed E-state index contributed by atoms with van der Waals surface area (Å²) in [6.07, 6.45) is -1.77. The Hall–Kier alpha value is -1.14. The molecule has 9 atom stereocenters. The minimum absolute atomic E-state index is 0.0217. The lowest BCUT2D eigenvalue weighted by Crippen LogP contribution is -2.77. The Bertz CT molecular complexity index is 900. The number of ketones is 2. The number of carbonyl (C=O) groups is 4. The average Bonchev–Trinajstić information content (AvgIpc) is 3.27. The highest BCUT2D eigenvalue weighted by atomic mass is 33.1. The van der Waals surface area contributed by atoms with Gasteiger partial charge in [0.1, 0.15) is 17.7 Å². The van der Waals surface area contributed by atoms with Crippen molar-refractivity contribution in [2.24, 2.45) is 11.8 Å². The number of rotatable bonds is 1. The first-order valence-corrected chi connectivity index (χ1v) is 12.4. The van der Waals surface area contributed by atoms with Gasteiger partial charge in [0.25, 0.3) is 11.8 Å². The van der Waals surface area contributed by atoms with Crippen molar-refractivity contribution in [2.75, 3.05) is 7.11 Å². The summed E-state index contributed by atoms with van der Waals surface area (Å²) in [7, 11) is 3.97. The van der Waals surface area contributed by atoms with Crippen molar-refractivity contribution in [2.45, 2.75) is 72.2 Å². The zero-order chi connectivity index (χ0) is 21.2. The Labute approximate surface area is 180 Å². The number of hydrogen-bond acceptors (Lipinski definition) is 9. The number of aliphatic hydroxyl groups is 2. The predicted molar refractivity (Wildman–Crippen MR) is 105 cm³/mol. The first-order valence-electron chi connectivity index (χ1n) is 10.3. The molecule has 2 bridgehead atoms. The van der Waals surface area contributed by atoms with Gasteiger partial charge in [0.2, 0.25) is 0 Å². The number of fused-ring (bicyclic) bond motifs is 3. The molecule has 2 aliphatic carbocycles. The Morgan fingerprint density at radius 3 is 2.10 bits per heavy atom. The highest BCUT2D eigenvalue weighted by Crippen LogP contribution is 2.70. The highest BCUT2D eigenvalue weighted by molar-refractivity contribution is 8.78. The van der Waals surface area contributed by atoms with Crippen molar-refractivity contribution in [3.63, 3.8) is 0 Å². The van der Waals surface area contributed by atoms with Crippen LogP contribution in [0, 0.1) is 11.8 Å². The predicted octanol–water partition coefficient (Wildman–Crippen LogP) is -0.706. The maximum absolute atomic E-state index is 13.9. The van der Waals surface area contributed by atoms with Crippen LogP contribution in [-0.4, -0.2) is 90.6 Å². The van der Waals surface area contributed by atoms with Crippen molar-refractivity contribution < 1.29 is 34.1 Å². The fourth-order valence-corrected chi connectivity index (χ4v) is 10.4. The van der Waals surface area contributed by atoms with Crippen LogP contribution in [-0.2, 0) is 23.9 Å². The van der Waals surface area contributed by atoms with Crippen molar-refractivity contribution in [1.82, 2.24) is 9.80 Å². The molecule has 9 nitrogen and oxygen atoms in total. The summed E-state index contributed by atoms with van der Waals surface area (Å²) in [4.78, 5) is 53.6. The normalized spacial score (nSPS) is 51.8. The lowest BCUT2D eigenvalue weighted by Gasteiger charge is -2.59. The summed E-state index contributed by atoms with van der Waals surface area (Å²) >= 11 is 0. The molecular weight excluding hydrogens is 432 g/mol. The van der Waals surface area contributed by atoms with Gasteiger partial charge in [-0.15, -0.1) is 0 Å². The van der Waals surface area contributed by atoms with E-state index in [4.69, 9.17) is 4.74 Å². The van der Waals surface area contributed by atoms with E-state index in [0.717, 1.165) is 0 Å². The fraction of sp³-hybridized carbons (Fsp3) is 0.789. The largest absolute Gasteiger partial charge is 0.391 e. The molecular formula is C19H22N2O7S2. The Morgan fingerprint density at radius 2 is 1.50 bits per heavy atom. The van der Waals surface area contributed by atoms with Crippen molar-refractivity contribution in [1.29, 1.82) is 0 Å². The molecule has 2 saturated carbocycles. The van der Waals surface area contributed by atoms with E-state index in [9.17, 15) is 29.4 Å². The third-order valence-electron chi connectivity index (χ3n) is 7.96. The number of Topliss-reactive ketones (excluding diaryl/α,β-unsaturated/α-hetero) is 2. The molecule has 0 aromatic heterocycles. The van der Waals surface area contributed by atoms with E-state index < -0.39 is 52.0 Å². The Morgan fingerprint density at radius 1 is 0.933 bits per heavy atom. The maximum Gasteiger partial charge on any atom is 0.261 e. The average molecular weight is 455 g/mol. The fourth-order valence-electron chi connectivity index (χ4n) is 6.59. The lowest BCUT2D eigenvalue weighted by atomic mass is 9.79. The van der Waals surface area contributed by atoms with Gasteiger partial charge >= 0.3 is 0 Å². The summed E-state index contributed by atoms with van der Waals surface area (Å²) in [6.45, 7) is 0. The van der Waals surface area contributed by atoms with Gasteiger partial charge in [0, 0.05) is 44.6 Å². The minimum Gasteiger partial charge on any atom is -0.391 e. The summed E-state index contributed by atoms with van der Waals surface area (Å²) in [5.41, 5.74) is 0. The number of aliphatic hydroxyl groups excluding tert-OH is 2. The zero-order valence-electron chi connectivity index (χ0n) is 16.2. The number of carbonyl (C=O) groups excluding carboxylic acids is 4. The van der Waals surface area contributed by atoms with Crippen LogP contribution < -0.4 is 0 Å². The number of piperazine rings is 1. The molecule has 0 unspecified atom stereocenters. The van der Waals surface area contributed by atoms with Gasteiger partial charge in [-0.2, -0.15) is 0 Å². The second-order valence-electron chi connectivity index (χ2n) is 9.20. The molecule has 11 heteroatoms. The number of ether oxygens (including phenoxy) is 1. The molecule has 162 valence electrons. The SMILES string of the molecule is CO[C@@H]1CC(=O)[C@@H]2C[C@@]34SS[C@]5(C[C@H]6C(=O)CC[C@H](O)[C@H]6N5C3=O)C(=O)N4[C@@H]2[C@H]1O. The standard InChI is InChI=1S/C19H22N2O7S2/c1-28-12-4-11(24)8-6-19-16(26)20-13-7(9(22)2-3-10(13)23)5-18(20,29-30-19)17(27)21(19)14(8)15(12)25/h7-8,10,12-15,23,25H,2-6H2,1H3/t7-,8-,10-,12+,13-,14-,15-,18+,19+/m0/s1. The van der Waals surface area contributed by atoms with Crippen LogP contribution in [0.15, 0.2) is 0 Å². The van der Waals surface area contributed by atoms with Gasteiger partial charge in [0.05, 0.1) is 24.3 Å². The number of hydrogen-bond donors (Lipinski definition) is 2. The second-order valence-corrected chi connectivity index (χ2v) is 11.9. The van der Waals surface area contributed by atoms with Gasteiger partial charge in [0.15, 0.2) is 9.74 Å². The molecule has 2 amide bonds. The zero-order valence-corrected chi connectivity index (χ0v) is 17.9. The van der Waals surface area contributed by atoms with Crippen LogP contribution >= 0.6 is 21.6 Å². The van der Waals surface area contributed by atoms with Gasteiger partial charge in [-0.05, 0) is 6.42 Å². The summed E-state index contributed by atoms with van der Waals surface area (Å²) in [5, 5.41) is 21.6. The van der Waals surface area contributed by atoms with E-state index in [1.165, 1.54) is 38.5 Å². The highest BCUT2D eigenvalue weighted by Gasteiger charge is 2.80. The third kappa shape index (κ3) is 2.00. The van der Waals surface area contributed by atoms with E-state index in [2.05, 4.69) is 0 Å². The van der Waals surface area contributed by atoms with Crippen LogP contribution in [0.1, 0.15) is 32.1 Å². The molecule has 0 aromatic rings. The molecule has 30 heavy (non-hydrogen) atoms. The number of methoxy groups -OCH3 is 1. The van der Waals surface area contributed by atoms with Crippen LogP contribution in [0.5, 0.6) is 0 Å². The first-order chi connectivity index (χ1) is 14.3. The summed E-state index contributed by atoms with van der Waals surface area (Å²) < 4.78 is 5.30. The minimum atomic E-state index is -1.30. The van der Waals surface area contributed by atoms with Crippen LogP contribution in [0.3, 0.4) is 0 Å². The topological polar surface area (TPSA) is 124 Å². The molecule has 7 fully saturated rings. The smallest absolute Gasteiger partial charge is 0.261 e. The Kier molecular flexibility index (Phi) is 3.91. The third-order valence-corrected chi connectivity index (χ3v) is 11.6. The van der Waals surface area contributed by atoms with Crippen LogP contribution in [0.2, 0.25) is 0 Å². The van der Waals surface area contributed by atoms with Crippen LogP contribution in [0.4, 0.5) is 0 Å². The first kappa shape index (κ1) is 19.5. The monoisotopic (exact) mass is 454 g/mol. The molecule has 5 saturated heterocycles. The van der Waals surface area contributed by atoms with Crippen molar-refractivity contribution in [3.05, 3.63) is 0 Å². The maximum atomic E-state index is 13.9. The molecule has 5 aliphatic heterocycles. The number of nitrogens with zero attached hydrogens (tertiary/aromatic N) is 2. The molecule has 2 spiro atoms. The van der Waals surface area contributed by atoms with Gasteiger partial charge in [-0.1, -0.05) is 21.6 Å². The van der Waals surface area contributed by atoms with E-state index in [-0.39, 0.29) is 55.5 Å². The van der Waals surface area contributed by atoms with E-state index >= 15 is 0 Å². The van der Waals surface area contributed by atoms with Crippen molar-refractivity contribution >= 4 is 45.0 Å². The van der Waals surface area contributed by atoms with Crippen molar-refractivity contribution in [3.8, 4) is 0 Å². The molecule has 7 aliphatic rings. The van der Waals surface area contributed by atoms with Gasteiger partial charge < -0.3 is 24.7 Å². The Balaban J connectivity index is 1.48. The molecule has 0 radical (unpaired) electrons. The lowest BCUT2D eigenvalue weighted by molar-refractivity contribution is -0.174. The van der Waals surface area contributed by atoms with E-state index in [0.29, 0.717) is 0 Å².